The van der Waals surface area contributed by atoms with Gasteiger partial charge < -0.3 is 9.84 Å². The van der Waals surface area contributed by atoms with E-state index in [2.05, 4.69) is 4.98 Å². The van der Waals surface area contributed by atoms with Gasteiger partial charge in [-0.1, -0.05) is 0 Å². The lowest BCUT2D eigenvalue weighted by atomic mass is 10.1. The van der Waals surface area contributed by atoms with Gasteiger partial charge in [-0.05, 0) is 27.2 Å². The van der Waals surface area contributed by atoms with Crippen LogP contribution in [0.5, 0.6) is 0 Å². The molecule has 0 saturated carbocycles. The second kappa shape index (κ2) is 5.91. The Bertz CT molecular complexity index is 549. The molecule has 0 aliphatic carbocycles. The van der Waals surface area contributed by atoms with Gasteiger partial charge in [-0.2, -0.15) is 0 Å². The number of likely N-dealkylation sites (tertiary alicyclic amines) is 1. The zero-order valence-electron chi connectivity index (χ0n) is 12.4. The van der Waals surface area contributed by atoms with Gasteiger partial charge in [0.15, 0.2) is 10.7 Å². The topological polar surface area (TPSA) is 112 Å². The van der Waals surface area contributed by atoms with Crippen LogP contribution in [-0.2, 0) is 19.1 Å². The van der Waals surface area contributed by atoms with E-state index in [1.54, 1.807) is 20.8 Å². The third-order valence-corrected chi connectivity index (χ3v) is 2.75. The average molecular weight is 296 g/mol. The zero-order chi connectivity index (χ0) is 16.4. The molecule has 0 bridgehead atoms. The van der Waals surface area contributed by atoms with Gasteiger partial charge in [0, 0.05) is 13.3 Å². The largest absolute Gasteiger partial charge is 0.505 e. The lowest BCUT2D eigenvalue weighted by molar-refractivity contribution is -0.164. The van der Waals surface area contributed by atoms with Crippen LogP contribution in [-0.4, -0.2) is 39.4 Å². The number of ether oxygens (including phenoxy) is 1. The molecule has 8 heteroatoms. The van der Waals surface area contributed by atoms with Gasteiger partial charge in [0.2, 0.25) is 11.3 Å². The van der Waals surface area contributed by atoms with Crippen molar-refractivity contribution in [3.63, 3.8) is 0 Å². The Labute approximate surface area is 122 Å². The second-order valence-electron chi connectivity index (χ2n) is 5.69. The van der Waals surface area contributed by atoms with E-state index in [1.807, 2.05) is 0 Å². The third kappa shape index (κ3) is 3.78. The molecule has 1 heterocycles. The summed E-state index contributed by atoms with van der Waals surface area (Å²) in [5, 5.41) is 18.0. The minimum Gasteiger partial charge on any atom is -0.505 e. The maximum Gasteiger partial charge on any atom is 0.485 e. The molecule has 0 radical (unpaired) electrons. The second-order valence-corrected chi connectivity index (χ2v) is 5.69. The lowest BCUT2D eigenvalue weighted by Crippen LogP contribution is -2.45. The molecular weight excluding hydrogens is 278 g/mol. The number of hydrogen-bond acceptors (Lipinski definition) is 6. The van der Waals surface area contributed by atoms with Crippen molar-refractivity contribution < 1.29 is 24.2 Å². The van der Waals surface area contributed by atoms with Gasteiger partial charge >= 0.3 is 17.6 Å². The molecule has 1 aliphatic heterocycles. The monoisotopic (exact) mass is 296 g/mol. The van der Waals surface area contributed by atoms with Crippen LogP contribution in [0, 0.1) is 5.39 Å². The van der Waals surface area contributed by atoms with Crippen LogP contribution in [0.25, 0.3) is 4.98 Å². The summed E-state index contributed by atoms with van der Waals surface area (Å²) in [5.74, 6) is -2.88. The van der Waals surface area contributed by atoms with Crippen molar-refractivity contribution in [1.29, 1.82) is 5.39 Å². The molecule has 1 N–H and O–H groups in total. The minimum atomic E-state index is -1.08. The maximum atomic E-state index is 12.1. The summed E-state index contributed by atoms with van der Waals surface area (Å²) < 4.78 is 5.17. The number of allylic oxidation sites excluding steroid dienone is 1. The van der Waals surface area contributed by atoms with Crippen LogP contribution >= 0.6 is 0 Å². The van der Waals surface area contributed by atoms with Crippen molar-refractivity contribution in [1.82, 2.24) is 4.90 Å². The minimum absolute atomic E-state index is 0.00116. The Hall–Kier alpha value is -2.43. The summed E-state index contributed by atoms with van der Waals surface area (Å²) >= 11 is 0. The van der Waals surface area contributed by atoms with Crippen molar-refractivity contribution in [2.45, 2.75) is 52.2 Å². The first-order chi connectivity index (χ1) is 9.58. The summed E-state index contributed by atoms with van der Waals surface area (Å²) in [6.45, 7) is 6.14. The normalized spacial score (nSPS) is 19.9. The molecule has 2 amide bonds. The highest BCUT2D eigenvalue weighted by Gasteiger charge is 2.47. The zero-order valence-corrected chi connectivity index (χ0v) is 12.4. The smallest absolute Gasteiger partial charge is 0.485 e. The first-order valence-corrected chi connectivity index (χ1v) is 6.42. The van der Waals surface area contributed by atoms with Gasteiger partial charge in [-0.25, -0.2) is 4.79 Å². The molecule has 8 nitrogen and oxygen atoms in total. The van der Waals surface area contributed by atoms with E-state index in [-0.39, 0.29) is 12.8 Å². The lowest BCUT2D eigenvalue weighted by Gasteiger charge is -2.25. The molecule has 1 saturated heterocycles. The van der Waals surface area contributed by atoms with Crippen molar-refractivity contribution >= 4 is 17.8 Å². The van der Waals surface area contributed by atoms with E-state index in [4.69, 9.17) is 10.1 Å². The Balaban J connectivity index is 3.06. The quantitative estimate of drug-likeness (QED) is 0.357. The standard InChI is InChI=1S/C13H17N3O5/c1-7(17)10(15-14)11(19)16-8(5-6-9(16)18)12(20)21-13(2,3)4/h8H,5-6H2,1-4H3/p+1. The van der Waals surface area contributed by atoms with Gasteiger partial charge in [-0.15, -0.1) is 0 Å². The molecule has 0 aromatic heterocycles. The van der Waals surface area contributed by atoms with Gasteiger partial charge in [0.25, 0.3) is 0 Å². The van der Waals surface area contributed by atoms with Crippen LogP contribution in [0.15, 0.2) is 11.5 Å². The van der Waals surface area contributed by atoms with Crippen LogP contribution in [0.1, 0.15) is 40.5 Å². The highest BCUT2D eigenvalue weighted by Crippen LogP contribution is 2.25. The fourth-order valence-corrected chi connectivity index (χ4v) is 1.92. The number of carbonyl (C=O) groups is 3. The summed E-state index contributed by atoms with van der Waals surface area (Å²) in [6.07, 6.45) is 0.126. The fraction of sp³-hybridized carbons (Fsp3) is 0.615. The number of carbonyl (C=O) groups excluding carboxylic acids is 3. The fourth-order valence-electron chi connectivity index (χ4n) is 1.92. The third-order valence-electron chi connectivity index (χ3n) is 2.75. The summed E-state index contributed by atoms with van der Waals surface area (Å²) in [6, 6.07) is -1.08. The van der Waals surface area contributed by atoms with E-state index < -0.39 is 40.9 Å². The molecule has 114 valence electrons. The molecule has 0 spiro atoms. The number of amides is 2. The number of aliphatic hydroxyl groups excluding tert-OH is 1. The Morgan fingerprint density at radius 3 is 2.43 bits per heavy atom. The van der Waals surface area contributed by atoms with Gasteiger partial charge in [0.1, 0.15) is 11.6 Å². The van der Waals surface area contributed by atoms with E-state index in [0.29, 0.717) is 4.90 Å². The number of imide groups is 1. The van der Waals surface area contributed by atoms with Crippen molar-refractivity contribution in [3.05, 3.63) is 16.4 Å². The van der Waals surface area contributed by atoms with E-state index in [9.17, 15) is 19.5 Å². The first-order valence-electron chi connectivity index (χ1n) is 6.42. The number of diazo groups is 1. The molecule has 1 fully saturated rings. The Morgan fingerprint density at radius 1 is 1.43 bits per heavy atom. The van der Waals surface area contributed by atoms with Gasteiger partial charge in [-0.3, -0.25) is 14.5 Å². The molecule has 1 rings (SSSR count). The SMILES string of the molecule is C/C(O)=C(\[N+]#N)C(=O)N1C(=O)CCC1C(=O)OC(C)(C)C. The Morgan fingerprint density at radius 2 is 2.00 bits per heavy atom. The highest BCUT2D eigenvalue weighted by atomic mass is 16.6. The predicted octanol–water partition coefficient (Wildman–Crippen LogP) is 1.49. The van der Waals surface area contributed by atoms with Crippen molar-refractivity contribution in [3.8, 4) is 0 Å². The number of aliphatic hydroxyl groups is 1. The number of esters is 1. The maximum absolute atomic E-state index is 12.1. The molecule has 0 aromatic carbocycles. The predicted molar refractivity (Wildman–Crippen MR) is 71.1 cm³/mol. The highest BCUT2D eigenvalue weighted by molar-refractivity contribution is 6.09. The number of rotatable bonds is 2. The number of nitrogens with zero attached hydrogens (tertiary/aromatic N) is 3. The number of hydrogen-bond donors (Lipinski definition) is 1. The van der Waals surface area contributed by atoms with E-state index in [0.717, 1.165) is 6.92 Å². The molecule has 0 aromatic rings. The summed E-state index contributed by atoms with van der Waals surface area (Å²) in [4.78, 5) is 39.3. The van der Waals surface area contributed by atoms with E-state index in [1.165, 1.54) is 0 Å². The van der Waals surface area contributed by atoms with Crippen molar-refractivity contribution in [2.75, 3.05) is 0 Å². The molecule has 21 heavy (non-hydrogen) atoms. The Kier molecular flexibility index (Phi) is 4.68. The van der Waals surface area contributed by atoms with Crippen LogP contribution in [0.4, 0.5) is 0 Å². The first kappa shape index (κ1) is 16.6. The molecule has 1 unspecified atom stereocenters. The molecular formula is C13H18N3O5+. The van der Waals surface area contributed by atoms with E-state index >= 15 is 0 Å². The molecule has 1 aliphatic rings. The average Bonchev–Trinajstić information content (AvgIpc) is 2.69. The van der Waals surface area contributed by atoms with Crippen LogP contribution in [0.3, 0.4) is 0 Å². The summed E-state index contributed by atoms with van der Waals surface area (Å²) in [5.41, 5.74) is -1.44. The van der Waals surface area contributed by atoms with Crippen LogP contribution in [0.2, 0.25) is 0 Å². The summed E-state index contributed by atoms with van der Waals surface area (Å²) in [7, 11) is 0. The van der Waals surface area contributed by atoms with Crippen LogP contribution < -0.4 is 0 Å². The van der Waals surface area contributed by atoms with Crippen molar-refractivity contribution in [2.24, 2.45) is 0 Å². The molecule has 1 atom stereocenters. The van der Waals surface area contributed by atoms with Gasteiger partial charge in [0.05, 0.1) is 0 Å².